The second-order valence-corrected chi connectivity index (χ2v) is 8.64. The van der Waals surface area contributed by atoms with E-state index in [1.807, 2.05) is 12.1 Å². The molecular weight excluding hydrogens is 372 g/mol. The van der Waals surface area contributed by atoms with Crippen LogP contribution < -0.4 is 0 Å². The number of benzene rings is 1. The van der Waals surface area contributed by atoms with Crippen molar-refractivity contribution in [3.63, 3.8) is 0 Å². The molecule has 0 spiro atoms. The SMILES string of the molecule is N#Cc1ccc(CN2CCCN(Cc3csc(-c4cccs4)n3)CC2)cc1. The van der Waals surface area contributed by atoms with E-state index in [0.717, 1.165) is 49.8 Å². The molecule has 0 N–H and O–H groups in total. The van der Waals surface area contributed by atoms with Gasteiger partial charge in [0.25, 0.3) is 0 Å². The van der Waals surface area contributed by atoms with E-state index in [0.29, 0.717) is 0 Å². The van der Waals surface area contributed by atoms with Crippen LogP contribution in [0.2, 0.25) is 0 Å². The van der Waals surface area contributed by atoms with Gasteiger partial charge in [-0.2, -0.15) is 5.26 Å². The Morgan fingerprint density at radius 3 is 2.44 bits per heavy atom. The fraction of sp³-hybridized carbons (Fsp3) is 0.333. The van der Waals surface area contributed by atoms with Crippen molar-refractivity contribution >= 4 is 22.7 Å². The molecule has 3 aromatic rings. The average Bonchev–Trinajstić information content (AvgIpc) is 3.33. The van der Waals surface area contributed by atoms with Crippen molar-refractivity contribution < 1.29 is 0 Å². The summed E-state index contributed by atoms with van der Waals surface area (Å²) < 4.78 is 0. The molecule has 0 saturated carbocycles. The first-order chi connectivity index (χ1) is 13.3. The Morgan fingerprint density at radius 1 is 0.963 bits per heavy atom. The zero-order valence-electron chi connectivity index (χ0n) is 15.2. The molecule has 0 bridgehead atoms. The van der Waals surface area contributed by atoms with Crippen molar-refractivity contribution in [1.82, 2.24) is 14.8 Å². The second kappa shape index (κ2) is 8.77. The van der Waals surface area contributed by atoms with Gasteiger partial charge in [0.1, 0.15) is 5.01 Å². The molecule has 1 aliphatic rings. The number of nitriles is 1. The molecule has 4 nitrogen and oxygen atoms in total. The van der Waals surface area contributed by atoms with Crippen LogP contribution in [0.15, 0.2) is 47.2 Å². The van der Waals surface area contributed by atoms with E-state index >= 15 is 0 Å². The maximum absolute atomic E-state index is 8.92. The summed E-state index contributed by atoms with van der Waals surface area (Å²) in [6, 6.07) is 14.4. The minimum Gasteiger partial charge on any atom is -0.298 e. The van der Waals surface area contributed by atoms with E-state index < -0.39 is 0 Å². The predicted octanol–water partition coefficient (Wildman–Crippen LogP) is 4.45. The lowest BCUT2D eigenvalue weighted by Crippen LogP contribution is -2.30. The zero-order chi connectivity index (χ0) is 18.5. The molecule has 3 heterocycles. The van der Waals surface area contributed by atoms with Crippen LogP contribution in [0.4, 0.5) is 0 Å². The van der Waals surface area contributed by atoms with Crippen LogP contribution in [0.3, 0.4) is 0 Å². The number of aromatic nitrogens is 1. The van der Waals surface area contributed by atoms with Crippen molar-refractivity contribution in [3.05, 3.63) is 64.0 Å². The summed E-state index contributed by atoms with van der Waals surface area (Å²) in [7, 11) is 0. The molecule has 1 aliphatic heterocycles. The topological polar surface area (TPSA) is 43.2 Å². The Morgan fingerprint density at radius 2 is 1.74 bits per heavy atom. The molecule has 27 heavy (non-hydrogen) atoms. The molecule has 1 saturated heterocycles. The van der Waals surface area contributed by atoms with E-state index in [1.165, 1.54) is 22.6 Å². The van der Waals surface area contributed by atoms with Gasteiger partial charge in [0.2, 0.25) is 0 Å². The zero-order valence-corrected chi connectivity index (χ0v) is 16.8. The molecular formula is C21H22N4S2. The van der Waals surface area contributed by atoms with Gasteiger partial charge in [0.05, 0.1) is 22.2 Å². The van der Waals surface area contributed by atoms with Crippen LogP contribution in [-0.4, -0.2) is 41.0 Å². The number of rotatable bonds is 5. The van der Waals surface area contributed by atoms with E-state index in [1.54, 1.807) is 22.7 Å². The highest BCUT2D eigenvalue weighted by molar-refractivity contribution is 7.20. The fourth-order valence-corrected chi connectivity index (χ4v) is 5.03. The maximum Gasteiger partial charge on any atom is 0.133 e. The number of thiazole rings is 1. The van der Waals surface area contributed by atoms with Crippen molar-refractivity contribution in [2.75, 3.05) is 26.2 Å². The lowest BCUT2D eigenvalue weighted by Gasteiger charge is -2.21. The van der Waals surface area contributed by atoms with Gasteiger partial charge in [-0.1, -0.05) is 18.2 Å². The fourth-order valence-electron chi connectivity index (χ4n) is 3.41. The third kappa shape index (κ3) is 4.82. The van der Waals surface area contributed by atoms with Crippen LogP contribution in [-0.2, 0) is 13.1 Å². The van der Waals surface area contributed by atoms with Gasteiger partial charge in [-0.3, -0.25) is 9.80 Å². The highest BCUT2D eigenvalue weighted by Crippen LogP contribution is 2.28. The monoisotopic (exact) mass is 394 g/mol. The Hall–Kier alpha value is -2.04. The summed E-state index contributed by atoms with van der Waals surface area (Å²) in [6.07, 6.45) is 1.18. The quantitative estimate of drug-likeness (QED) is 0.641. The van der Waals surface area contributed by atoms with E-state index in [4.69, 9.17) is 10.2 Å². The van der Waals surface area contributed by atoms with Crippen molar-refractivity contribution in [3.8, 4) is 16.0 Å². The van der Waals surface area contributed by atoms with Gasteiger partial charge in [0, 0.05) is 31.6 Å². The molecule has 0 unspecified atom stereocenters. The van der Waals surface area contributed by atoms with Crippen molar-refractivity contribution in [2.24, 2.45) is 0 Å². The molecule has 0 amide bonds. The van der Waals surface area contributed by atoms with Crippen molar-refractivity contribution in [1.29, 1.82) is 5.26 Å². The van der Waals surface area contributed by atoms with Crippen molar-refractivity contribution in [2.45, 2.75) is 19.5 Å². The van der Waals surface area contributed by atoms with Crippen LogP contribution in [0.5, 0.6) is 0 Å². The third-order valence-corrected chi connectivity index (χ3v) is 6.77. The molecule has 4 rings (SSSR count). The highest BCUT2D eigenvalue weighted by Gasteiger charge is 2.16. The van der Waals surface area contributed by atoms with Crippen LogP contribution in [0, 0.1) is 11.3 Å². The lowest BCUT2D eigenvalue weighted by atomic mass is 10.1. The Kier molecular flexibility index (Phi) is 5.95. The molecule has 1 fully saturated rings. The van der Waals surface area contributed by atoms with Crippen LogP contribution in [0.1, 0.15) is 23.2 Å². The van der Waals surface area contributed by atoms with Crippen LogP contribution in [0.25, 0.3) is 9.88 Å². The average molecular weight is 395 g/mol. The highest BCUT2D eigenvalue weighted by atomic mass is 32.1. The summed E-state index contributed by atoms with van der Waals surface area (Å²) in [5.74, 6) is 0. The Labute approximate surface area is 168 Å². The summed E-state index contributed by atoms with van der Waals surface area (Å²) in [5.41, 5.74) is 3.19. The molecule has 138 valence electrons. The van der Waals surface area contributed by atoms with Gasteiger partial charge < -0.3 is 0 Å². The Balaban J connectivity index is 1.31. The van der Waals surface area contributed by atoms with Gasteiger partial charge in [-0.25, -0.2) is 4.98 Å². The number of thiophene rings is 1. The van der Waals surface area contributed by atoms with Gasteiger partial charge in [-0.05, 0) is 48.7 Å². The summed E-state index contributed by atoms with van der Waals surface area (Å²) in [6.45, 7) is 6.28. The summed E-state index contributed by atoms with van der Waals surface area (Å²) >= 11 is 3.50. The largest absolute Gasteiger partial charge is 0.298 e. The summed E-state index contributed by atoms with van der Waals surface area (Å²) in [4.78, 5) is 11.1. The molecule has 0 aliphatic carbocycles. The molecule has 0 atom stereocenters. The number of hydrogen-bond acceptors (Lipinski definition) is 6. The minimum absolute atomic E-state index is 0.728. The number of nitrogens with zero attached hydrogens (tertiary/aromatic N) is 4. The second-order valence-electron chi connectivity index (χ2n) is 6.84. The lowest BCUT2D eigenvalue weighted by molar-refractivity contribution is 0.246. The predicted molar refractivity (Wildman–Crippen MR) is 112 cm³/mol. The maximum atomic E-state index is 8.92. The van der Waals surface area contributed by atoms with Gasteiger partial charge in [0.15, 0.2) is 0 Å². The summed E-state index contributed by atoms with van der Waals surface area (Å²) in [5, 5.41) is 14.4. The first kappa shape index (κ1) is 18.3. The Bertz CT molecular complexity index is 893. The number of hydrogen-bond donors (Lipinski definition) is 0. The third-order valence-electron chi connectivity index (χ3n) is 4.84. The van der Waals surface area contributed by atoms with E-state index in [9.17, 15) is 0 Å². The smallest absolute Gasteiger partial charge is 0.133 e. The van der Waals surface area contributed by atoms with Crippen LogP contribution >= 0.6 is 22.7 Å². The standard InChI is InChI=1S/C21H22N4S2/c22-13-17-4-6-18(7-5-17)14-24-8-2-9-25(11-10-24)15-19-16-27-21(23-19)20-3-1-12-26-20/h1,3-7,12,16H,2,8-11,14-15H2. The molecule has 2 aromatic heterocycles. The first-order valence-electron chi connectivity index (χ1n) is 9.22. The van der Waals surface area contributed by atoms with E-state index in [2.05, 4.69) is 50.9 Å². The first-order valence-corrected chi connectivity index (χ1v) is 11.0. The van der Waals surface area contributed by atoms with Gasteiger partial charge >= 0.3 is 0 Å². The molecule has 0 radical (unpaired) electrons. The normalized spacial score (nSPS) is 16.1. The van der Waals surface area contributed by atoms with Gasteiger partial charge in [-0.15, -0.1) is 22.7 Å². The molecule has 1 aromatic carbocycles. The van der Waals surface area contributed by atoms with E-state index in [-0.39, 0.29) is 0 Å². The molecule has 6 heteroatoms. The minimum atomic E-state index is 0.728.